The Morgan fingerprint density at radius 1 is 0.364 bits per heavy atom. The number of unbranched alkanes of at least 4 members (excludes halogenated alkanes) is 24. The Balaban J connectivity index is 4.23. The van der Waals surface area contributed by atoms with Gasteiger partial charge in [0.2, 0.25) is 0 Å². The van der Waals surface area contributed by atoms with E-state index in [1.807, 2.05) is 0 Å². The number of carbonyl (C=O) groups excluding carboxylic acids is 3. The van der Waals surface area contributed by atoms with Crippen molar-refractivity contribution in [3.05, 3.63) is 0 Å². The molecule has 0 aromatic heterocycles. The summed E-state index contributed by atoms with van der Waals surface area (Å²) in [5, 5.41) is 0. The van der Waals surface area contributed by atoms with E-state index in [2.05, 4.69) is 41.5 Å². The van der Waals surface area contributed by atoms with Gasteiger partial charge in [-0.1, -0.05) is 221 Å². The van der Waals surface area contributed by atoms with Gasteiger partial charge in [0.15, 0.2) is 6.10 Å². The molecule has 6 nitrogen and oxygen atoms in total. The monoisotopic (exact) mass is 779 g/mol. The molecule has 0 heterocycles. The third-order valence-corrected chi connectivity index (χ3v) is 11.3. The molecule has 0 aromatic rings. The molecule has 0 radical (unpaired) electrons. The zero-order valence-corrected chi connectivity index (χ0v) is 37.7. The highest BCUT2D eigenvalue weighted by atomic mass is 16.6. The summed E-state index contributed by atoms with van der Waals surface area (Å²) >= 11 is 0. The summed E-state index contributed by atoms with van der Waals surface area (Å²) in [5.41, 5.74) is 0. The fourth-order valence-corrected chi connectivity index (χ4v) is 7.20. The van der Waals surface area contributed by atoms with Gasteiger partial charge in [-0.05, 0) is 37.0 Å². The Hall–Kier alpha value is -1.59. The van der Waals surface area contributed by atoms with Crippen LogP contribution >= 0.6 is 0 Å². The summed E-state index contributed by atoms with van der Waals surface area (Å²) in [7, 11) is 0. The van der Waals surface area contributed by atoms with E-state index >= 15 is 0 Å². The van der Waals surface area contributed by atoms with Crippen molar-refractivity contribution in [1.29, 1.82) is 0 Å². The molecule has 0 rings (SSSR count). The van der Waals surface area contributed by atoms with Crippen molar-refractivity contribution < 1.29 is 28.6 Å². The van der Waals surface area contributed by atoms with Crippen molar-refractivity contribution in [2.45, 2.75) is 266 Å². The second-order valence-electron chi connectivity index (χ2n) is 17.9. The number of ether oxygens (including phenoxy) is 3. The van der Waals surface area contributed by atoms with Gasteiger partial charge in [-0.15, -0.1) is 0 Å². The van der Waals surface area contributed by atoms with Crippen LogP contribution < -0.4 is 0 Å². The van der Waals surface area contributed by atoms with Crippen molar-refractivity contribution in [1.82, 2.24) is 0 Å². The number of hydrogen-bond donors (Lipinski definition) is 0. The SMILES string of the molecule is CCC(C)CCCCCCCCCCCCCCCCC(=O)OC[C@H](COC(=O)CCCCCCCCCC(C)C)OC(=O)CCCCCCCCC(C)C. The normalized spacial score (nSPS) is 12.7. The predicted octanol–water partition coefficient (Wildman–Crippen LogP) is 15.2. The van der Waals surface area contributed by atoms with E-state index in [-0.39, 0.29) is 31.1 Å². The molecule has 6 heteroatoms. The van der Waals surface area contributed by atoms with Gasteiger partial charge in [-0.3, -0.25) is 14.4 Å². The van der Waals surface area contributed by atoms with E-state index in [1.54, 1.807) is 0 Å². The molecule has 326 valence electrons. The lowest BCUT2D eigenvalue weighted by atomic mass is 9.99. The van der Waals surface area contributed by atoms with E-state index in [1.165, 1.54) is 141 Å². The molecule has 55 heavy (non-hydrogen) atoms. The van der Waals surface area contributed by atoms with Crippen LogP contribution in [0.5, 0.6) is 0 Å². The first kappa shape index (κ1) is 53.4. The summed E-state index contributed by atoms with van der Waals surface area (Å²) in [5.74, 6) is 1.57. The summed E-state index contributed by atoms with van der Waals surface area (Å²) in [6, 6.07) is 0. The minimum Gasteiger partial charge on any atom is -0.462 e. The molecule has 0 fully saturated rings. The van der Waals surface area contributed by atoms with Crippen LogP contribution in [0.4, 0.5) is 0 Å². The Morgan fingerprint density at radius 2 is 0.636 bits per heavy atom. The topological polar surface area (TPSA) is 78.9 Å². The zero-order chi connectivity index (χ0) is 40.6. The van der Waals surface area contributed by atoms with Crippen molar-refractivity contribution in [3.8, 4) is 0 Å². The second-order valence-corrected chi connectivity index (χ2v) is 17.9. The van der Waals surface area contributed by atoms with Gasteiger partial charge in [-0.2, -0.15) is 0 Å². The average molecular weight is 779 g/mol. The minimum absolute atomic E-state index is 0.0667. The van der Waals surface area contributed by atoms with E-state index < -0.39 is 6.10 Å². The van der Waals surface area contributed by atoms with Gasteiger partial charge in [0.05, 0.1) is 0 Å². The lowest BCUT2D eigenvalue weighted by Crippen LogP contribution is -2.30. The highest BCUT2D eigenvalue weighted by molar-refractivity contribution is 5.71. The maximum absolute atomic E-state index is 12.7. The Labute approximate surface area is 342 Å². The first-order valence-electron chi connectivity index (χ1n) is 24.1. The Bertz CT molecular complexity index is 854. The molecule has 2 atom stereocenters. The highest BCUT2D eigenvalue weighted by Gasteiger charge is 2.19. The van der Waals surface area contributed by atoms with Gasteiger partial charge < -0.3 is 14.2 Å². The molecule has 0 aliphatic heterocycles. The first-order valence-corrected chi connectivity index (χ1v) is 24.1. The third-order valence-electron chi connectivity index (χ3n) is 11.3. The second kappa shape index (κ2) is 40.6. The van der Waals surface area contributed by atoms with Crippen LogP contribution in [-0.4, -0.2) is 37.2 Å². The number of hydrogen-bond acceptors (Lipinski definition) is 6. The maximum atomic E-state index is 12.7. The van der Waals surface area contributed by atoms with Crippen LogP contribution in [-0.2, 0) is 28.6 Å². The van der Waals surface area contributed by atoms with Crippen LogP contribution in [0.25, 0.3) is 0 Å². The Morgan fingerprint density at radius 3 is 0.945 bits per heavy atom. The predicted molar refractivity (Wildman–Crippen MR) is 233 cm³/mol. The van der Waals surface area contributed by atoms with E-state index in [9.17, 15) is 14.4 Å². The number of esters is 3. The van der Waals surface area contributed by atoms with Crippen LogP contribution in [0, 0.1) is 17.8 Å². The van der Waals surface area contributed by atoms with E-state index in [4.69, 9.17) is 14.2 Å². The van der Waals surface area contributed by atoms with Gasteiger partial charge in [0.1, 0.15) is 13.2 Å². The number of rotatable bonds is 42. The molecule has 0 N–H and O–H groups in total. The molecule has 0 spiro atoms. The fourth-order valence-electron chi connectivity index (χ4n) is 7.20. The fraction of sp³-hybridized carbons (Fsp3) is 0.939. The third kappa shape index (κ3) is 41.9. The molecule has 0 bridgehead atoms. The van der Waals surface area contributed by atoms with Crippen LogP contribution in [0.2, 0.25) is 0 Å². The van der Waals surface area contributed by atoms with E-state index in [0.29, 0.717) is 19.3 Å². The molecule has 0 amide bonds. The largest absolute Gasteiger partial charge is 0.462 e. The lowest BCUT2D eigenvalue weighted by molar-refractivity contribution is -0.167. The van der Waals surface area contributed by atoms with Gasteiger partial charge in [0, 0.05) is 19.3 Å². The number of carbonyl (C=O) groups is 3. The summed E-state index contributed by atoms with van der Waals surface area (Å²) < 4.78 is 16.7. The molecule has 1 unspecified atom stereocenters. The van der Waals surface area contributed by atoms with Crippen molar-refractivity contribution in [2.24, 2.45) is 17.8 Å². The molecule has 0 aliphatic carbocycles. The van der Waals surface area contributed by atoms with Crippen molar-refractivity contribution in [3.63, 3.8) is 0 Å². The zero-order valence-electron chi connectivity index (χ0n) is 37.7. The van der Waals surface area contributed by atoms with Crippen LogP contribution in [0.3, 0.4) is 0 Å². The van der Waals surface area contributed by atoms with Crippen molar-refractivity contribution in [2.75, 3.05) is 13.2 Å². The summed E-state index contributed by atoms with van der Waals surface area (Å²) in [4.78, 5) is 37.7. The lowest BCUT2D eigenvalue weighted by Gasteiger charge is -2.18. The van der Waals surface area contributed by atoms with Crippen molar-refractivity contribution >= 4 is 17.9 Å². The smallest absolute Gasteiger partial charge is 0.306 e. The molecule has 0 aromatic carbocycles. The highest BCUT2D eigenvalue weighted by Crippen LogP contribution is 2.18. The van der Waals surface area contributed by atoms with E-state index in [0.717, 1.165) is 75.5 Å². The minimum atomic E-state index is -0.762. The summed E-state index contributed by atoms with van der Waals surface area (Å²) in [6.07, 6.45) is 38.2. The average Bonchev–Trinajstić information content (AvgIpc) is 3.15. The molecular weight excluding hydrogens is 685 g/mol. The van der Waals surface area contributed by atoms with Gasteiger partial charge in [0.25, 0.3) is 0 Å². The quantitative estimate of drug-likeness (QED) is 0.0349. The summed E-state index contributed by atoms with van der Waals surface area (Å²) in [6.45, 7) is 13.6. The molecular formula is C49H94O6. The van der Waals surface area contributed by atoms with Gasteiger partial charge >= 0.3 is 17.9 Å². The van der Waals surface area contributed by atoms with Crippen LogP contribution in [0.1, 0.15) is 260 Å². The first-order chi connectivity index (χ1) is 26.6. The molecule has 0 saturated heterocycles. The molecule has 0 saturated carbocycles. The van der Waals surface area contributed by atoms with Gasteiger partial charge in [-0.25, -0.2) is 0 Å². The van der Waals surface area contributed by atoms with Crippen LogP contribution in [0.15, 0.2) is 0 Å². The standard InChI is InChI=1S/C49H94O6/c1-7-45(6)37-31-25-18-14-12-10-8-9-11-13-15-19-26-32-38-47(50)53-41-46(55-49(52)40-34-28-22-21-24-30-36-44(4)5)42-54-48(51)39-33-27-20-16-17-23-29-35-43(2)3/h43-46H,7-42H2,1-6H3/t45?,46-/m1/s1. The molecule has 0 aliphatic rings. The maximum Gasteiger partial charge on any atom is 0.306 e. The Kier molecular flexibility index (Phi) is 39.4.